The Kier molecular flexibility index (Phi) is 2.42. The summed E-state index contributed by atoms with van der Waals surface area (Å²) >= 11 is 0. The molecule has 1 aliphatic heterocycles. The second-order valence-corrected chi connectivity index (χ2v) is 7.58. The normalized spacial score (nSPS) is 35.5. The van der Waals surface area contributed by atoms with E-state index in [4.69, 9.17) is 0 Å². The minimum Gasteiger partial charge on any atom is -0.361 e. The lowest BCUT2D eigenvalue weighted by molar-refractivity contribution is 0.00298. The van der Waals surface area contributed by atoms with Gasteiger partial charge in [-0.05, 0) is 79.9 Å². The second kappa shape index (κ2) is 4.13. The second-order valence-electron chi connectivity index (χ2n) is 7.58. The van der Waals surface area contributed by atoms with Gasteiger partial charge in [-0.1, -0.05) is 12.8 Å². The number of fused-ring (bicyclic) bond motifs is 2. The van der Waals surface area contributed by atoms with E-state index in [0.29, 0.717) is 5.41 Å². The van der Waals surface area contributed by atoms with Crippen LogP contribution in [0.2, 0.25) is 0 Å². The minimum atomic E-state index is 0.495. The van der Waals surface area contributed by atoms with Crippen LogP contribution >= 0.6 is 0 Å². The molecule has 0 spiro atoms. The molecule has 2 heterocycles. The lowest BCUT2D eigenvalue weighted by Gasteiger charge is -2.58. The van der Waals surface area contributed by atoms with E-state index >= 15 is 0 Å². The molecule has 3 unspecified atom stereocenters. The predicted octanol–water partition coefficient (Wildman–Crippen LogP) is 3.86. The van der Waals surface area contributed by atoms with E-state index in [0.717, 1.165) is 12.0 Å². The molecule has 1 saturated heterocycles. The fraction of sp³-hybridized carbons (Fsp3) is 0.579. The topological polar surface area (TPSA) is 19.0 Å². The number of rotatable bonds is 0. The monoisotopic (exact) mass is 280 g/mol. The van der Waals surface area contributed by atoms with Crippen molar-refractivity contribution in [2.75, 3.05) is 13.6 Å². The van der Waals surface area contributed by atoms with E-state index in [-0.39, 0.29) is 0 Å². The van der Waals surface area contributed by atoms with Crippen LogP contribution in [0, 0.1) is 5.92 Å². The Labute approximate surface area is 126 Å². The third-order valence-corrected chi connectivity index (χ3v) is 6.78. The van der Waals surface area contributed by atoms with Crippen molar-refractivity contribution in [2.24, 2.45) is 5.92 Å². The maximum atomic E-state index is 3.40. The number of nitrogens with one attached hydrogen (secondary N) is 1. The average Bonchev–Trinajstić information content (AvgIpc) is 2.96. The molecule has 2 fully saturated rings. The summed E-state index contributed by atoms with van der Waals surface area (Å²) < 4.78 is 0. The Morgan fingerprint density at radius 3 is 3.14 bits per heavy atom. The maximum absolute atomic E-state index is 3.40. The van der Waals surface area contributed by atoms with Crippen LogP contribution in [0.3, 0.4) is 0 Å². The molecule has 2 heteroatoms. The Balaban J connectivity index is 1.77. The van der Waals surface area contributed by atoms with E-state index < -0.39 is 0 Å². The molecule has 5 rings (SSSR count). The number of piperidine rings is 1. The summed E-state index contributed by atoms with van der Waals surface area (Å²) in [6.07, 6.45) is 10.5. The van der Waals surface area contributed by atoms with Gasteiger partial charge in [0.2, 0.25) is 0 Å². The maximum Gasteiger partial charge on any atom is 0.0456 e. The van der Waals surface area contributed by atoms with Crippen LogP contribution in [0.4, 0.5) is 0 Å². The van der Waals surface area contributed by atoms with Crippen LogP contribution in [0.15, 0.2) is 24.4 Å². The number of hydrogen-bond acceptors (Lipinski definition) is 1. The highest BCUT2D eigenvalue weighted by molar-refractivity contribution is 5.82. The number of benzene rings is 1. The summed E-state index contributed by atoms with van der Waals surface area (Å²) in [4.78, 5) is 6.05. The highest BCUT2D eigenvalue weighted by atomic mass is 15.1. The van der Waals surface area contributed by atoms with Gasteiger partial charge in [0.25, 0.3) is 0 Å². The summed E-state index contributed by atoms with van der Waals surface area (Å²) in [5, 5.41) is 1.41. The first kappa shape index (κ1) is 12.3. The van der Waals surface area contributed by atoms with Gasteiger partial charge in [0, 0.05) is 23.2 Å². The van der Waals surface area contributed by atoms with Crippen LogP contribution in [-0.2, 0) is 11.8 Å². The van der Waals surface area contributed by atoms with E-state index in [1.165, 1.54) is 56.0 Å². The Bertz CT molecular complexity index is 701. The van der Waals surface area contributed by atoms with Crippen molar-refractivity contribution >= 4 is 10.9 Å². The number of aromatic amines is 1. The van der Waals surface area contributed by atoms with Crippen LogP contribution in [0.1, 0.15) is 43.2 Å². The smallest absolute Gasteiger partial charge is 0.0456 e. The quantitative estimate of drug-likeness (QED) is 0.776. The summed E-state index contributed by atoms with van der Waals surface area (Å²) in [6.45, 7) is 1.28. The Morgan fingerprint density at radius 1 is 1.24 bits per heavy atom. The lowest BCUT2D eigenvalue weighted by atomic mass is 9.52. The van der Waals surface area contributed by atoms with Crippen molar-refractivity contribution < 1.29 is 0 Å². The standard InChI is InChI=1S/C19H24N2/c1-21-9-7-19-6-3-2-4-15(19)18(21)12-14-11-17-13(5-8-20-17)10-16(14)19/h5,8,10-11,15,18,20H,2-4,6-7,9,12H2,1H3. The molecule has 21 heavy (non-hydrogen) atoms. The highest BCUT2D eigenvalue weighted by Gasteiger charge is 2.52. The SMILES string of the molecule is CN1CCC23CCCCC2C1Cc1cc2[nH]ccc2cc13. The van der Waals surface area contributed by atoms with Gasteiger partial charge in [-0.25, -0.2) is 0 Å². The molecule has 1 aromatic heterocycles. The molecular weight excluding hydrogens is 256 g/mol. The third-order valence-electron chi connectivity index (χ3n) is 6.78. The van der Waals surface area contributed by atoms with Crippen LogP contribution in [-0.4, -0.2) is 29.5 Å². The molecule has 2 nitrogen and oxygen atoms in total. The molecular formula is C19H24N2. The van der Waals surface area contributed by atoms with Crippen molar-refractivity contribution in [3.63, 3.8) is 0 Å². The first-order valence-corrected chi connectivity index (χ1v) is 8.59. The van der Waals surface area contributed by atoms with E-state index in [1.807, 2.05) is 0 Å². The number of likely N-dealkylation sites (tertiary alicyclic amines) is 1. The number of nitrogens with zero attached hydrogens (tertiary/aromatic N) is 1. The zero-order valence-electron chi connectivity index (χ0n) is 12.9. The number of aromatic nitrogens is 1. The van der Waals surface area contributed by atoms with Crippen molar-refractivity contribution in [2.45, 2.75) is 50.0 Å². The van der Waals surface area contributed by atoms with Crippen molar-refractivity contribution in [3.8, 4) is 0 Å². The third kappa shape index (κ3) is 1.52. The van der Waals surface area contributed by atoms with Gasteiger partial charge >= 0.3 is 0 Å². The van der Waals surface area contributed by atoms with Gasteiger partial charge < -0.3 is 9.88 Å². The minimum absolute atomic E-state index is 0.495. The summed E-state index contributed by atoms with van der Waals surface area (Å²) in [6, 6.07) is 7.99. The molecule has 2 aliphatic carbocycles. The zero-order valence-corrected chi connectivity index (χ0v) is 12.9. The van der Waals surface area contributed by atoms with Crippen LogP contribution in [0.5, 0.6) is 0 Å². The van der Waals surface area contributed by atoms with Crippen LogP contribution < -0.4 is 0 Å². The van der Waals surface area contributed by atoms with Crippen molar-refractivity contribution in [1.82, 2.24) is 9.88 Å². The van der Waals surface area contributed by atoms with Gasteiger partial charge in [-0.15, -0.1) is 0 Å². The van der Waals surface area contributed by atoms with Crippen molar-refractivity contribution in [3.05, 3.63) is 35.5 Å². The van der Waals surface area contributed by atoms with Gasteiger partial charge in [-0.2, -0.15) is 0 Å². The zero-order chi connectivity index (χ0) is 14.0. The molecule has 3 aliphatic rings. The molecule has 1 aromatic carbocycles. The molecule has 1 N–H and O–H groups in total. The van der Waals surface area contributed by atoms with E-state index in [2.05, 4.69) is 41.3 Å². The fourth-order valence-electron chi connectivity index (χ4n) is 5.76. The Morgan fingerprint density at radius 2 is 2.19 bits per heavy atom. The molecule has 0 amide bonds. The van der Waals surface area contributed by atoms with Crippen LogP contribution in [0.25, 0.3) is 10.9 Å². The van der Waals surface area contributed by atoms with E-state index in [9.17, 15) is 0 Å². The van der Waals surface area contributed by atoms with Crippen molar-refractivity contribution in [1.29, 1.82) is 0 Å². The van der Waals surface area contributed by atoms with Gasteiger partial charge in [0.05, 0.1) is 0 Å². The van der Waals surface area contributed by atoms with E-state index in [1.54, 1.807) is 11.1 Å². The number of H-pyrrole nitrogens is 1. The van der Waals surface area contributed by atoms with Gasteiger partial charge in [0.15, 0.2) is 0 Å². The predicted molar refractivity (Wildman–Crippen MR) is 86.7 cm³/mol. The highest BCUT2D eigenvalue weighted by Crippen LogP contribution is 2.55. The Hall–Kier alpha value is -1.28. The first-order valence-electron chi connectivity index (χ1n) is 8.59. The first-order chi connectivity index (χ1) is 10.3. The lowest BCUT2D eigenvalue weighted by Crippen LogP contribution is -2.59. The summed E-state index contributed by atoms with van der Waals surface area (Å²) in [5.74, 6) is 0.897. The fourth-order valence-corrected chi connectivity index (χ4v) is 5.76. The molecule has 1 saturated carbocycles. The molecule has 0 radical (unpaired) electrons. The average molecular weight is 280 g/mol. The summed E-state index contributed by atoms with van der Waals surface area (Å²) in [7, 11) is 2.35. The van der Waals surface area contributed by atoms with Gasteiger partial charge in [-0.3, -0.25) is 0 Å². The number of hydrogen-bond donors (Lipinski definition) is 1. The summed E-state index contributed by atoms with van der Waals surface area (Å²) in [5.41, 5.74) is 5.15. The number of likely N-dealkylation sites (N-methyl/N-ethyl adjacent to an activating group) is 1. The van der Waals surface area contributed by atoms with Gasteiger partial charge in [0.1, 0.15) is 0 Å². The molecule has 3 atom stereocenters. The molecule has 2 aromatic rings. The largest absolute Gasteiger partial charge is 0.361 e. The molecule has 2 bridgehead atoms. The molecule has 110 valence electrons.